The number of hydrogen-bond donors (Lipinski definition) is 2. The Kier molecular flexibility index (Phi) is 1.86. The van der Waals surface area contributed by atoms with E-state index >= 15 is 0 Å². The van der Waals surface area contributed by atoms with Crippen LogP contribution < -0.4 is 5.73 Å². The van der Waals surface area contributed by atoms with Crippen LogP contribution in [-0.4, -0.2) is 16.0 Å². The van der Waals surface area contributed by atoms with Gasteiger partial charge in [0.2, 0.25) is 0 Å². The maximum atomic E-state index is 8.45. The number of fused-ring (bicyclic) bond motifs is 1. The molecule has 0 aliphatic heterocycles. The van der Waals surface area contributed by atoms with Gasteiger partial charge >= 0.3 is 0 Å². The highest BCUT2D eigenvalue weighted by Gasteiger charge is 2.02. The Morgan fingerprint density at radius 2 is 2.46 bits per heavy atom. The summed E-state index contributed by atoms with van der Waals surface area (Å²) in [6.07, 6.45) is 1.59. The molecule has 2 heterocycles. The number of pyridine rings is 1. The lowest BCUT2D eigenvalue weighted by molar-refractivity contribution is 0.318. The molecule has 13 heavy (non-hydrogen) atoms. The van der Waals surface area contributed by atoms with E-state index in [1.807, 2.05) is 17.5 Å². The van der Waals surface area contributed by atoms with Crippen LogP contribution >= 0.6 is 11.3 Å². The zero-order valence-electron chi connectivity index (χ0n) is 6.64. The number of nitrogens with zero attached hydrogens (tertiary/aromatic N) is 2. The quantitative estimate of drug-likeness (QED) is 0.311. The van der Waals surface area contributed by atoms with Crippen LogP contribution in [0, 0.1) is 0 Å². The van der Waals surface area contributed by atoms with Crippen LogP contribution in [0.4, 0.5) is 0 Å². The minimum absolute atomic E-state index is 0.0859. The van der Waals surface area contributed by atoms with Crippen molar-refractivity contribution in [1.82, 2.24) is 4.98 Å². The van der Waals surface area contributed by atoms with E-state index in [9.17, 15) is 0 Å². The van der Waals surface area contributed by atoms with E-state index < -0.39 is 0 Å². The van der Waals surface area contributed by atoms with Gasteiger partial charge < -0.3 is 10.9 Å². The first-order valence-electron chi connectivity index (χ1n) is 3.62. The molecule has 0 amide bonds. The third kappa shape index (κ3) is 1.33. The van der Waals surface area contributed by atoms with Gasteiger partial charge in [0, 0.05) is 11.8 Å². The molecule has 0 spiro atoms. The highest BCUT2D eigenvalue weighted by Crippen LogP contribution is 2.19. The summed E-state index contributed by atoms with van der Waals surface area (Å²) in [6.45, 7) is 0. The molecule has 0 unspecified atom stereocenters. The Morgan fingerprint density at radius 1 is 1.62 bits per heavy atom. The summed E-state index contributed by atoms with van der Waals surface area (Å²) in [5, 5.41) is 13.3. The third-order valence-electron chi connectivity index (χ3n) is 1.71. The van der Waals surface area contributed by atoms with Crippen LogP contribution in [0.3, 0.4) is 0 Å². The zero-order chi connectivity index (χ0) is 9.26. The summed E-state index contributed by atoms with van der Waals surface area (Å²) in [4.78, 5) is 4.15. The van der Waals surface area contributed by atoms with Gasteiger partial charge in [-0.15, -0.1) is 11.3 Å². The van der Waals surface area contributed by atoms with Crippen LogP contribution in [0.15, 0.2) is 28.9 Å². The molecule has 2 aromatic heterocycles. The average Bonchev–Trinajstić information content (AvgIpc) is 2.63. The lowest BCUT2D eigenvalue weighted by Crippen LogP contribution is -2.12. The fourth-order valence-corrected chi connectivity index (χ4v) is 1.82. The smallest absolute Gasteiger partial charge is 0.171 e. The SMILES string of the molecule is N/C(=N\O)c1cnc2ccsc2c1. The van der Waals surface area contributed by atoms with Crippen molar-refractivity contribution in [2.24, 2.45) is 10.9 Å². The Labute approximate surface area is 78.3 Å². The van der Waals surface area contributed by atoms with Gasteiger partial charge in [0.05, 0.1) is 10.2 Å². The van der Waals surface area contributed by atoms with E-state index in [0.717, 1.165) is 10.2 Å². The highest BCUT2D eigenvalue weighted by molar-refractivity contribution is 7.17. The summed E-state index contributed by atoms with van der Waals surface area (Å²) in [7, 11) is 0. The molecule has 2 rings (SSSR count). The molecule has 0 aromatic carbocycles. The second-order valence-electron chi connectivity index (χ2n) is 2.51. The molecule has 4 nitrogen and oxygen atoms in total. The number of hydrogen-bond acceptors (Lipinski definition) is 4. The number of oxime groups is 1. The average molecular weight is 193 g/mol. The summed E-state index contributed by atoms with van der Waals surface area (Å²) in [6, 6.07) is 3.78. The predicted molar refractivity (Wildman–Crippen MR) is 52.1 cm³/mol. The lowest BCUT2D eigenvalue weighted by atomic mass is 10.2. The minimum atomic E-state index is 0.0859. The maximum Gasteiger partial charge on any atom is 0.171 e. The summed E-state index contributed by atoms with van der Waals surface area (Å²) in [5.74, 6) is 0.0859. The molecule has 5 heteroatoms. The number of amidine groups is 1. The highest BCUT2D eigenvalue weighted by atomic mass is 32.1. The van der Waals surface area contributed by atoms with Crippen LogP contribution in [0.5, 0.6) is 0 Å². The molecule has 0 fully saturated rings. The van der Waals surface area contributed by atoms with E-state index in [-0.39, 0.29) is 5.84 Å². The largest absolute Gasteiger partial charge is 0.409 e. The Balaban J connectivity index is 2.60. The van der Waals surface area contributed by atoms with Crippen molar-refractivity contribution in [2.75, 3.05) is 0 Å². The fourth-order valence-electron chi connectivity index (χ4n) is 1.04. The molecule has 0 radical (unpaired) electrons. The topological polar surface area (TPSA) is 71.5 Å². The molecule has 2 aromatic rings. The number of nitrogens with two attached hydrogens (primary N) is 1. The van der Waals surface area contributed by atoms with E-state index in [4.69, 9.17) is 10.9 Å². The van der Waals surface area contributed by atoms with Crippen LogP contribution in [0.1, 0.15) is 5.56 Å². The standard InChI is InChI=1S/C8H7N3OS/c9-8(11-12)5-3-7-6(10-4-5)1-2-13-7/h1-4,12H,(H2,9,11). The van der Waals surface area contributed by atoms with E-state index in [1.165, 1.54) is 0 Å². The molecule has 0 bridgehead atoms. The molecular formula is C8H7N3OS. The normalized spacial score (nSPS) is 12.2. The molecule has 0 saturated heterocycles. The molecule has 0 saturated carbocycles. The first kappa shape index (κ1) is 8.00. The predicted octanol–water partition coefficient (Wildman–Crippen LogP) is 1.39. The number of aromatic nitrogens is 1. The van der Waals surface area contributed by atoms with Gasteiger partial charge in [-0.2, -0.15) is 0 Å². The fraction of sp³-hybridized carbons (Fsp3) is 0. The van der Waals surface area contributed by atoms with E-state index in [0.29, 0.717) is 5.56 Å². The molecule has 0 aliphatic carbocycles. The van der Waals surface area contributed by atoms with E-state index in [2.05, 4.69) is 10.1 Å². The van der Waals surface area contributed by atoms with Crippen molar-refractivity contribution in [3.8, 4) is 0 Å². The Hall–Kier alpha value is -1.62. The maximum absolute atomic E-state index is 8.45. The number of thiophene rings is 1. The zero-order valence-corrected chi connectivity index (χ0v) is 7.45. The van der Waals surface area contributed by atoms with E-state index in [1.54, 1.807) is 17.5 Å². The van der Waals surface area contributed by atoms with Crippen molar-refractivity contribution in [3.63, 3.8) is 0 Å². The van der Waals surface area contributed by atoms with Crippen molar-refractivity contribution in [2.45, 2.75) is 0 Å². The Morgan fingerprint density at radius 3 is 3.23 bits per heavy atom. The second-order valence-corrected chi connectivity index (χ2v) is 3.46. The van der Waals surface area contributed by atoms with Gasteiger partial charge in [-0.25, -0.2) is 0 Å². The van der Waals surface area contributed by atoms with Crippen molar-refractivity contribution in [3.05, 3.63) is 29.3 Å². The van der Waals surface area contributed by atoms with Gasteiger partial charge in [0.15, 0.2) is 5.84 Å². The molecule has 0 aliphatic rings. The lowest BCUT2D eigenvalue weighted by Gasteiger charge is -1.96. The first-order chi connectivity index (χ1) is 6.31. The first-order valence-corrected chi connectivity index (χ1v) is 4.50. The molecular weight excluding hydrogens is 186 g/mol. The Bertz CT molecular complexity index is 463. The summed E-state index contributed by atoms with van der Waals surface area (Å²) >= 11 is 1.57. The number of rotatable bonds is 1. The van der Waals surface area contributed by atoms with Crippen molar-refractivity contribution >= 4 is 27.4 Å². The van der Waals surface area contributed by atoms with Gasteiger partial charge in [-0.05, 0) is 17.5 Å². The third-order valence-corrected chi connectivity index (χ3v) is 2.56. The van der Waals surface area contributed by atoms with Gasteiger partial charge in [0.1, 0.15) is 0 Å². The monoisotopic (exact) mass is 193 g/mol. The van der Waals surface area contributed by atoms with Crippen LogP contribution in [-0.2, 0) is 0 Å². The molecule has 3 N–H and O–H groups in total. The van der Waals surface area contributed by atoms with Crippen molar-refractivity contribution < 1.29 is 5.21 Å². The summed E-state index contributed by atoms with van der Waals surface area (Å²) < 4.78 is 1.03. The minimum Gasteiger partial charge on any atom is -0.409 e. The van der Waals surface area contributed by atoms with Gasteiger partial charge in [-0.1, -0.05) is 5.16 Å². The summed E-state index contributed by atoms with van der Waals surface area (Å²) in [5.41, 5.74) is 6.99. The van der Waals surface area contributed by atoms with Gasteiger partial charge in [0.25, 0.3) is 0 Å². The second kappa shape index (κ2) is 3.02. The van der Waals surface area contributed by atoms with Gasteiger partial charge in [-0.3, -0.25) is 4.98 Å². The van der Waals surface area contributed by atoms with Crippen LogP contribution in [0.2, 0.25) is 0 Å². The molecule has 66 valence electrons. The van der Waals surface area contributed by atoms with Crippen molar-refractivity contribution in [1.29, 1.82) is 0 Å². The molecule has 0 atom stereocenters. The van der Waals surface area contributed by atoms with Crippen LogP contribution in [0.25, 0.3) is 10.2 Å².